The fourth-order valence-corrected chi connectivity index (χ4v) is 6.27. The maximum absolute atomic E-state index is 12.9. The molecule has 2 amide bonds. The van der Waals surface area contributed by atoms with Crippen molar-refractivity contribution < 1.29 is 18.0 Å². The highest BCUT2D eigenvalue weighted by Gasteiger charge is 2.26. The number of benzene rings is 1. The minimum absolute atomic E-state index is 0.252. The van der Waals surface area contributed by atoms with Crippen LogP contribution in [0.3, 0.4) is 0 Å². The SMILES string of the molecule is CS(=O)(=O)n1cc(C(=O)NCC(=O)NC2=NC(c3cccc(-c4ccncc4)c3)=CSC2)c2c1CCCC2. The number of carbonyl (C=O) groups is 2. The Labute approximate surface area is 225 Å². The highest BCUT2D eigenvalue weighted by Crippen LogP contribution is 2.29. The maximum atomic E-state index is 12.9. The highest BCUT2D eigenvalue weighted by molar-refractivity contribution is 8.03. The van der Waals surface area contributed by atoms with Crippen molar-refractivity contribution in [1.82, 2.24) is 19.6 Å². The summed E-state index contributed by atoms with van der Waals surface area (Å²) in [5.74, 6) is 0.134. The molecule has 0 bridgehead atoms. The number of thioether (sulfide) groups is 1. The lowest BCUT2D eigenvalue weighted by Crippen LogP contribution is -2.41. The molecule has 196 valence electrons. The van der Waals surface area contributed by atoms with Crippen LogP contribution in [0.15, 0.2) is 65.4 Å². The highest BCUT2D eigenvalue weighted by atomic mass is 32.2. The first-order valence-corrected chi connectivity index (χ1v) is 15.1. The van der Waals surface area contributed by atoms with Gasteiger partial charge in [-0.2, -0.15) is 0 Å². The summed E-state index contributed by atoms with van der Waals surface area (Å²) in [6.45, 7) is -0.252. The second-order valence-corrected chi connectivity index (χ2v) is 11.9. The van der Waals surface area contributed by atoms with Gasteiger partial charge in [-0.1, -0.05) is 18.2 Å². The minimum atomic E-state index is -3.52. The fraction of sp³-hybridized carbons (Fsp3) is 0.259. The fourth-order valence-electron chi connectivity index (χ4n) is 4.65. The molecule has 0 atom stereocenters. The summed E-state index contributed by atoms with van der Waals surface area (Å²) in [7, 11) is -3.52. The molecule has 1 aliphatic carbocycles. The predicted molar refractivity (Wildman–Crippen MR) is 149 cm³/mol. The van der Waals surface area contributed by atoms with Crippen LogP contribution in [0.5, 0.6) is 0 Å². The van der Waals surface area contributed by atoms with Crippen molar-refractivity contribution >= 4 is 45.1 Å². The lowest BCUT2D eigenvalue weighted by molar-refractivity contribution is -0.118. The van der Waals surface area contributed by atoms with Crippen LogP contribution in [0.1, 0.15) is 40.0 Å². The summed E-state index contributed by atoms with van der Waals surface area (Å²) in [5.41, 5.74) is 5.47. The Hall–Kier alpha value is -3.70. The summed E-state index contributed by atoms with van der Waals surface area (Å²) < 4.78 is 25.6. The number of fused-ring (bicyclic) bond motifs is 1. The number of aromatic nitrogens is 2. The predicted octanol–water partition coefficient (Wildman–Crippen LogP) is 3.23. The molecule has 0 saturated heterocycles. The van der Waals surface area contributed by atoms with E-state index < -0.39 is 21.8 Å². The molecule has 9 nitrogen and oxygen atoms in total. The van der Waals surface area contributed by atoms with Crippen molar-refractivity contribution in [3.05, 3.63) is 82.8 Å². The van der Waals surface area contributed by atoms with E-state index in [2.05, 4.69) is 20.6 Å². The average Bonchev–Trinajstić information content (AvgIpc) is 3.33. The molecule has 1 aromatic carbocycles. The molecule has 3 heterocycles. The van der Waals surface area contributed by atoms with Gasteiger partial charge in [-0.3, -0.25) is 14.6 Å². The molecule has 2 aliphatic rings. The number of pyridine rings is 1. The van der Waals surface area contributed by atoms with Gasteiger partial charge in [-0.25, -0.2) is 17.4 Å². The van der Waals surface area contributed by atoms with E-state index in [4.69, 9.17) is 0 Å². The zero-order valence-electron chi connectivity index (χ0n) is 20.8. The van der Waals surface area contributed by atoms with Crippen LogP contribution < -0.4 is 10.6 Å². The number of nitrogens with one attached hydrogen (secondary N) is 2. The standard InChI is InChI=1S/C27H27N5O4S2/c1-38(35,36)32-15-22(21-7-2-3-8-24(21)32)27(34)29-14-26(33)31-25-17-37-16-23(30-25)20-6-4-5-19(13-20)18-9-11-28-12-10-18/h4-6,9-13,15-16H,2-3,7-8,14,17H2,1H3,(H,29,34)(H,30,31,33). The van der Waals surface area contributed by atoms with Gasteiger partial charge in [-0.05, 0) is 66.0 Å². The Morgan fingerprint density at radius 1 is 1.05 bits per heavy atom. The van der Waals surface area contributed by atoms with E-state index in [0.29, 0.717) is 35.7 Å². The monoisotopic (exact) mass is 549 g/mol. The zero-order chi connectivity index (χ0) is 26.7. The van der Waals surface area contributed by atoms with E-state index in [1.54, 1.807) is 12.4 Å². The Kier molecular flexibility index (Phi) is 7.48. The van der Waals surface area contributed by atoms with E-state index in [-0.39, 0.29) is 6.54 Å². The Morgan fingerprint density at radius 2 is 1.82 bits per heavy atom. The van der Waals surface area contributed by atoms with E-state index in [1.807, 2.05) is 41.8 Å². The molecule has 38 heavy (non-hydrogen) atoms. The Balaban J connectivity index is 1.24. The molecular formula is C27H27N5O4S2. The first-order chi connectivity index (χ1) is 18.3. The molecule has 11 heteroatoms. The number of hydrogen-bond donors (Lipinski definition) is 2. The number of nitrogens with zero attached hydrogens (tertiary/aromatic N) is 3. The van der Waals surface area contributed by atoms with Gasteiger partial charge in [0, 0.05) is 29.8 Å². The summed E-state index contributed by atoms with van der Waals surface area (Å²) in [5, 5.41) is 7.38. The van der Waals surface area contributed by atoms with E-state index >= 15 is 0 Å². The molecule has 3 aromatic rings. The quantitative estimate of drug-likeness (QED) is 0.487. The van der Waals surface area contributed by atoms with Gasteiger partial charge in [0.2, 0.25) is 15.9 Å². The van der Waals surface area contributed by atoms with Crippen molar-refractivity contribution in [1.29, 1.82) is 0 Å². The molecule has 1 aliphatic heterocycles. The van der Waals surface area contributed by atoms with E-state index in [0.717, 1.165) is 47.0 Å². The molecule has 0 unspecified atom stereocenters. The maximum Gasteiger partial charge on any atom is 0.253 e. The second kappa shape index (κ2) is 11.0. The van der Waals surface area contributed by atoms with Crippen molar-refractivity contribution in [3.63, 3.8) is 0 Å². The molecule has 2 aromatic heterocycles. The van der Waals surface area contributed by atoms with Crippen LogP contribution >= 0.6 is 11.8 Å². The van der Waals surface area contributed by atoms with Gasteiger partial charge >= 0.3 is 0 Å². The molecular weight excluding hydrogens is 522 g/mol. The molecule has 0 radical (unpaired) electrons. The number of amidine groups is 1. The van der Waals surface area contributed by atoms with Crippen LogP contribution in [0.2, 0.25) is 0 Å². The summed E-state index contributed by atoms with van der Waals surface area (Å²) in [6.07, 6.45) is 9.00. The van der Waals surface area contributed by atoms with Crippen LogP contribution in [-0.2, 0) is 27.7 Å². The molecule has 2 N–H and O–H groups in total. The second-order valence-electron chi connectivity index (χ2n) is 9.15. The molecule has 0 saturated carbocycles. The molecule has 0 spiro atoms. The Bertz CT molecular complexity index is 1560. The third-order valence-corrected chi connectivity index (χ3v) is 8.28. The van der Waals surface area contributed by atoms with Gasteiger partial charge in [0.1, 0.15) is 5.84 Å². The first kappa shape index (κ1) is 25.9. The normalized spacial score (nSPS) is 15.2. The smallest absolute Gasteiger partial charge is 0.253 e. The average molecular weight is 550 g/mol. The van der Waals surface area contributed by atoms with E-state index in [1.165, 1.54) is 21.9 Å². The number of hydrogen-bond acceptors (Lipinski definition) is 7. The molecule has 0 fully saturated rings. The lowest BCUT2D eigenvalue weighted by atomic mass is 9.95. The van der Waals surface area contributed by atoms with Gasteiger partial charge in [0.05, 0.1) is 29.8 Å². The third kappa shape index (κ3) is 5.73. The van der Waals surface area contributed by atoms with E-state index in [9.17, 15) is 18.0 Å². The number of rotatable bonds is 6. The van der Waals surface area contributed by atoms with Crippen molar-refractivity contribution in [2.45, 2.75) is 25.7 Å². The van der Waals surface area contributed by atoms with Crippen molar-refractivity contribution in [2.75, 3.05) is 18.6 Å². The van der Waals surface area contributed by atoms with Crippen LogP contribution in [0.4, 0.5) is 0 Å². The van der Waals surface area contributed by atoms with Crippen molar-refractivity contribution in [2.24, 2.45) is 4.99 Å². The zero-order valence-corrected chi connectivity index (χ0v) is 22.4. The van der Waals surface area contributed by atoms with Gasteiger partial charge in [-0.15, -0.1) is 11.8 Å². The summed E-state index contributed by atoms with van der Waals surface area (Å²) >= 11 is 1.53. The first-order valence-electron chi connectivity index (χ1n) is 12.2. The van der Waals surface area contributed by atoms with Gasteiger partial charge < -0.3 is 10.6 Å². The third-order valence-electron chi connectivity index (χ3n) is 6.41. The molecule has 5 rings (SSSR count). The van der Waals surface area contributed by atoms with Gasteiger partial charge in [0.25, 0.3) is 5.91 Å². The number of carbonyl (C=O) groups excluding carboxylic acids is 2. The summed E-state index contributed by atoms with van der Waals surface area (Å²) in [6, 6.07) is 11.9. The van der Waals surface area contributed by atoms with Crippen LogP contribution in [0, 0.1) is 0 Å². The number of aliphatic imine (C=N–C) groups is 1. The summed E-state index contributed by atoms with van der Waals surface area (Å²) in [4.78, 5) is 34.2. The lowest BCUT2D eigenvalue weighted by Gasteiger charge is -2.15. The van der Waals surface area contributed by atoms with Crippen LogP contribution in [-0.4, -0.2) is 53.6 Å². The minimum Gasteiger partial charge on any atom is -0.343 e. The largest absolute Gasteiger partial charge is 0.343 e. The Morgan fingerprint density at radius 3 is 2.61 bits per heavy atom. The topological polar surface area (TPSA) is 123 Å². The van der Waals surface area contributed by atoms with Crippen molar-refractivity contribution in [3.8, 4) is 11.1 Å². The van der Waals surface area contributed by atoms with Crippen LogP contribution in [0.25, 0.3) is 16.8 Å². The van der Waals surface area contributed by atoms with Gasteiger partial charge in [0.15, 0.2) is 0 Å². The number of amides is 2.